The van der Waals surface area contributed by atoms with E-state index in [-0.39, 0.29) is 12.5 Å². The zero-order valence-electron chi connectivity index (χ0n) is 12.7. The molecule has 0 aromatic heterocycles. The van der Waals surface area contributed by atoms with E-state index in [1.807, 2.05) is 6.92 Å². The summed E-state index contributed by atoms with van der Waals surface area (Å²) in [5, 5.41) is 39.9. The third-order valence-electron chi connectivity index (χ3n) is 4.43. The highest BCUT2D eigenvalue weighted by molar-refractivity contribution is 4.98. The second-order valence-electron chi connectivity index (χ2n) is 6.34. The molecule has 2 rings (SSSR count). The summed E-state index contributed by atoms with van der Waals surface area (Å²) < 4.78 is 16.6. The summed E-state index contributed by atoms with van der Waals surface area (Å²) in [5.41, 5.74) is -0.992. The van der Waals surface area contributed by atoms with E-state index in [0.717, 1.165) is 6.42 Å². The lowest BCUT2D eigenvalue weighted by atomic mass is 9.87. The highest BCUT2D eigenvalue weighted by atomic mass is 16.7. The average molecular weight is 306 g/mol. The molecular formula is C14H26O7. The standard InChI is InChI=1S/C14H26O7/c1-4-7-6-19-13(9(7)16)20-11-8(5-15)21-14(2,3)12(18)10(11)17/h7-13,15-18H,4-6H2,1-3H3. The van der Waals surface area contributed by atoms with Crippen LogP contribution in [0.25, 0.3) is 0 Å². The molecule has 4 N–H and O–H groups in total. The molecule has 0 bridgehead atoms. The van der Waals surface area contributed by atoms with Gasteiger partial charge in [-0.25, -0.2) is 0 Å². The molecule has 2 fully saturated rings. The van der Waals surface area contributed by atoms with Crippen LogP contribution in [0.15, 0.2) is 0 Å². The first-order valence-corrected chi connectivity index (χ1v) is 7.41. The highest BCUT2D eigenvalue weighted by Gasteiger charge is 2.51. The quantitative estimate of drug-likeness (QED) is 0.528. The molecule has 0 amide bonds. The molecule has 0 aromatic rings. The minimum Gasteiger partial charge on any atom is -0.394 e. The van der Waals surface area contributed by atoms with Crippen LogP contribution in [0.1, 0.15) is 27.2 Å². The van der Waals surface area contributed by atoms with E-state index >= 15 is 0 Å². The molecule has 7 unspecified atom stereocenters. The Kier molecular flexibility index (Phi) is 5.25. The number of rotatable bonds is 4. The van der Waals surface area contributed by atoms with Crippen molar-refractivity contribution in [1.82, 2.24) is 0 Å². The van der Waals surface area contributed by atoms with Crippen molar-refractivity contribution in [3.8, 4) is 0 Å². The maximum atomic E-state index is 10.2. The van der Waals surface area contributed by atoms with Gasteiger partial charge in [-0.05, 0) is 20.3 Å². The monoisotopic (exact) mass is 306 g/mol. The van der Waals surface area contributed by atoms with Crippen molar-refractivity contribution in [2.75, 3.05) is 13.2 Å². The predicted molar refractivity (Wildman–Crippen MR) is 72.5 cm³/mol. The summed E-state index contributed by atoms with van der Waals surface area (Å²) in [6.07, 6.45) is -5.09. The summed E-state index contributed by atoms with van der Waals surface area (Å²) >= 11 is 0. The highest BCUT2D eigenvalue weighted by Crippen LogP contribution is 2.33. The van der Waals surface area contributed by atoms with Gasteiger partial charge >= 0.3 is 0 Å². The third-order valence-corrected chi connectivity index (χ3v) is 4.43. The van der Waals surface area contributed by atoms with E-state index in [0.29, 0.717) is 6.61 Å². The molecule has 2 aliphatic heterocycles. The van der Waals surface area contributed by atoms with E-state index in [4.69, 9.17) is 14.2 Å². The molecular weight excluding hydrogens is 280 g/mol. The number of aliphatic hydroxyl groups is 4. The number of aliphatic hydroxyl groups excluding tert-OH is 4. The van der Waals surface area contributed by atoms with E-state index < -0.39 is 42.4 Å². The Morgan fingerprint density at radius 1 is 1.19 bits per heavy atom. The molecule has 124 valence electrons. The maximum absolute atomic E-state index is 10.2. The van der Waals surface area contributed by atoms with Gasteiger partial charge in [0.15, 0.2) is 6.29 Å². The molecule has 0 aliphatic carbocycles. The lowest BCUT2D eigenvalue weighted by molar-refractivity contribution is -0.303. The van der Waals surface area contributed by atoms with E-state index in [1.54, 1.807) is 13.8 Å². The normalized spacial score (nSPS) is 46.7. The average Bonchev–Trinajstić information content (AvgIpc) is 2.80. The molecule has 2 heterocycles. The lowest BCUT2D eigenvalue weighted by Gasteiger charge is -2.47. The van der Waals surface area contributed by atoms with Gasteiger partial charge in [0, 0.05) is 5.92 Å². The minimum atomic E-state index is -1.23. The SMILES string of the molecule is CCC1COC(OC2C(CO)OC(C)(C)C(O)C2O)C1O. The van der Waals surface area contributed by atoms with Gasteiger partial charge in [-0.2, -0.15) is 0 Å². The zero-order chi connectivity index (χ0) is 15.8. The van der Waals surface area contributed by atoms with Gasteiger partial charge < -0.3 is 34.6 Å². The Hall–Kier alpha value is -0.280. The Morgan fingerprint density at radius 2 is 1.86 bits per heavy atom. The van der Waals surface area contributed by atoms with Crippen LogP contribution in [0.3, 0.4) is 0 Å². The summed E-state index contributed by atoms with van der Waals surface area (Å²) in [5.74, 6) is -0.0226. The predicted octanol–water partition coefficient (Wildman–Crippen LogP) is -0.993. The fourth-order valence-corrected chi connectivity index (χ4v) is 2.92. The fourth-order valence-electron chi connectivity index (χ4n) is 2.92. The number of ether oxygens (including phenoxy) is 3. The Morgan fingerprint density at radius 3 is 2.38 bits per heavy atom. The third kappa shape index (κ3) is 3.24. The van der Waals surface area contributed by atoms with E-state index in [1.165, 1.54) is 0 Å². The van der Waals surface area contributed by atoms with Crippen LogP contribution in [0.4, 0.5) is 0 Å². The van der Waals surface area contributed by atoms with Crippen molar-refractivity contribution in [2.24, 2.45) is 5.92 Å². The Bertz CT molecular complexity index is 346. The van der Waals surface area contributed by atoms with Crippen LogP contribution >= 0.6 is 0 Å². The molecule has 2 aliphatic rings. The van der Waals surface area contributed by atoms with Crippen LogP contribution in [0.2, 0.25) is 0 Å². The molecule has 7 atom stereocenters. The molecule has 7 heteroatoms. The van der Waals surface area contributed by atoms with Gasteiger partial charge in [0.2, 0.25) is 0 Å². The molecule has 7 nitrogen and oxygen atoms in total. The van der Waals surface area contributed by atoms with Crippen LogP contribution in [0, 0.1) is 5.92 Å². The maximum Gasteiger partial charge on any atom is 0.184 e. The second kappa shape index (κ2) is 6.45. The van der Waals surface area contributed by atoms with E-state index in [2.05, 4.69) is 0 Å². The minimum absolute atomic E-state index is 0.0226. The van der Waals surface area contributed by atoms with Gasteiger partial charge in [0.1, 0.15) is 30.5 Å². The first-order chi connectivity index (χ1) is 9.81. The summed E-state index contributed by atoms with van der Waals surface area (Å²) in [7, 11) is 0. The molecule has 0 aromatic carbocycles. The lowest BCUT2D eigenvalue weighted by Crippen LogP contribution is -2.64. The van der Waals surface area contributed by atoms with Gasteiger partial charge in [0.05, 0.1) is 18.8 Å². The first kappa shape index (κ1) is 17.1. The Labute approximate surface area is 124 Å². The Balaban J connectivity index is 2.07. The van der Waals surface area contributed by atoms with Gasteiger partial charge in [-0.15, -0.1) is 0 Å². The summed E-state index contributed by atoms with van der Waals surface area (Å²) in [4.78, 5) is 0. The van der Waals surface area contributed by atoms with Crippen molar-refractivity contribution in [3.05, 3.63) is 0 Å². The topological polar surface area (TPSA) is 109 Å². The van der Waals surface area contributed by atoms with Crippen molar-refractivity contribution >= 4 is 0 Å². The van der Waals surface area contributed by atoms with E-state index in [9.17, 15) is 20.4 Å². The van der Waals surface area contributed by atoms with Gasteiger partial charge in [-0.3, -0.25) is 0 Å². The molecule has 2 saturated heterocycles. The largest absolute Gasteiger partial charge is 0.394 e. The molecule has 0 saturated carbocycles. The van der Waals surface area contributed by atoms with Gasteiger partial charge in [-0.1, -0.05) is 6.92 Å². The number of hydrogen-bond acceptors (Lipinski definition) is 7. The first-order valence-electron chi connectivity index (χ1n) is 7.41. The molecule has 0 spiro atoms. The van der Waals surface area contributed by atoms with Crippen molar-refractivity contribution < 1.29 is 34.6 Å². The molecule has 21 heavy (non-hydrogen) atoms. The smallest absolute Gasteiger partial charge is 0.184 e. The van der Waals surface area contributed by atoms with Crippen LogP contribution < -0.4 is 0 Å². The van der Waals surface area contributed by atoms with Gasteiger partial charge in [0.25, 0.3) is 0 Å². The van der Waals surface area contributed by atoms with Crippen molar-refractivity contribution in [1.29, 1.82) is 0 Å². The second-order valence-corrected chi connectivity index (χ2v) is 6.34. The summed E-state index contributed by atoms with van der Waals surface area (Å²) in [6.45, 7) is 5.23. The zero-order valence-corrected chi connectivity index (χ0v) is 12.7. The van der Waals surface area contributed by atoms with Crippen LogP contribution in [-0.4, -0.2) is 76.1 Å². The van der Waals surface area contributed by atoms with Crippen molar-refractivity contribution in [3.63, 3.8) is 0 Å². The van der Waals surface area contributed by atoms with Crippen molar-refractivity contribution in [2.45, 2.75) is 69.6 Å². The summed E-state index contributed by atoms with van der Waals surface area (Å²) in [6, 6.07) is 0. The molecule has 0 radical (unpaired) electrons. The van der Waals surface area contributed by atoms with Crippen LogP contribution in [-0.2, 0) is 14.2 Å². The fraction of sp³-hybridized carbons (Fsp3) is 1.00. The van der Waals surface area contributed by atoms with Crippen LogP contribution in [0.5, 0.6) is 0 Å². The number of hydrogen-bond donors (Lipinski definition) is 4.